The summed E-state index contributed by atoms with van der Waals surface area (Å²) >= 11 is 0. The van der Waals surface area contributed by atoms with Crippen LogP contribution in [0.4, 0.5) is 4.79 Å². The molecule has 0 saturated heterocycles. The summed E-state index contributed by atoms with van der Waals surface area (Å²) in [5.41, 5.74) is 1.28. The molecule has 1 amide bonds. The molecule has 1 aromatic heterocycles. The molecule has 19 heavy (non-hydrogen) atoms. The normalized spacial score (nSPS) is 12.9. The first-order chi connectivity index (χ1) is 8.71. The Bertz CT molecular complexity index is 432. The van der Waals surface area contributed by atoms with Gasteiger partial charge in [0, 0.05) is 11.4 Å². The minimum Gasteiger partial charge on any atom is -0.444 e. The molecule has 0 aliphatic heterocycles. The Balaban J connectivity index is 2.81. The molecule has 1 rings (SSSR count). The largest absolute Gasteiger partial charge is 0.444 e. The number of rotatable bonds is 3. The van der Waals surface area contributed by atoms with Crippen molar-refractivity contribution in [1.29, 1.82) is 0 Å². The topological polar surface area (TPSA) is 64.1 Å². The molecular weight excluding hydrogens is 242 g/mol. The number of carbonyl (C=O) groups is 1. The number of amides is 1. The molecule has 0 radical (unpaired) electrons. The summed E-state index contributed by atoms with van der Waals surface area (Å²) in [6.07, 6.45) is 0.268. The Labute approximate surface area is 114 Å². The fourth-order valence-electron chi connectivity index (χ4n) is 1.71. The SMILES string of the molecule is CC[C@@H](NC(=O)OC(C)(C)C)c1nc(C)cc(C)n1. The highest BCUT2D eigenvalue weighted by Crippen LogP contribution is 2.15. The maximum atomic E-state index is 11.8. The number of nitrogens with one attached hydrogen (secondary N) is 1. The summed E-state index contributed by atoms with van der Waals surface area (Å²) in [4.78, 5) is 20.5. The predicted molar refractivity (Wildman–Crippen MR) is 73.9 cm³/mol. The zero-order chi connectivity index (χ0) is 14.6. The molecule has 1 heterocycles. The average Bonchev–Trinajstić information content (AvgIpc) is 2.21. The first kappa shape index (κ1) is 15.4. The zero-order valence-electron chi connectivity index (χ0n) is 12.6. The average molecular weight is 265 g/mol. The third kappa shape index (κ3) is 5.24. The molecule has 0 saturated carbocycles. The van der Waals surface area contributed by atoms with Crippen molar-refractivity contribution in [2.45, 2.75) is 59.6 Å². The molecule has 5 nitrogen and oxygen atoms in total. The highest BCUT2D eigenvalue weighted by molar-refractivity contribution is 5.68. The summed E-state index contributed by atoms with van der Waals surface area (Å²) < 4.78 is 5.25. The monoisotopic (exact) mass is 265 g/mol. The van der Waals surface area contributed by atoms with Gasteiger partial charge in [-0.1, -0.05) is 6.92 Å². The van der Waals surface area contributed by atoms with E-state index in [9.17, 15) is 4.79 Å². The van der Waals surface area contributed by atoms with Crippen LogP contribution in [0, 0.1) is 13.8 Å². The van der Waals surface area contributed by atoms with Gasteiger partial charge in [-0.15, -0.1) is 0 Å². The smallest absolute Gasteiger partial charge is 0.408 e. The standard InChI is InChI=1S/C14H23N3O2/c1-7-11(17-13(18)19-14(4,5)6)12-15-9(2)8-10(3)16-12/h8,11H,7H2,1-6H3,(H,17,18)/t11-/m1/s1. The lowest BCUT2D eigenvalue weighted by Crippen LogP contribution is -2.35. The lowest BCUT2D eigenvalue weighted by atomic mass is 10.2. The van der Waals surface area contributed by atoms with Crippen LogP contribution in [-0.4, -0.2) is 21.7 Å². The second kappa shape index (κ2) is 5.99. The highest BCUT2D eigenvalue weighted by Gasteiger charge is 2.21. The molecule has 0 aliphatic rings. The van der Waals surface area contributed by atoms with Gasteiger partial charge >= 0.3 is 6.09 Å². The second-order valence-corrected chi connectivity index (χ2v) is 5.62. The van der Waals surface area contributed by atoms with Gasteiger partial charge in [0.05, 0.1) is 6.04 Å². The fraction of sp³-hybridized carbons (Fsp3) is 0.643. The Morgan fingerprint density at radius 1 is 1.32 bits per heavy atom. The summed E-state index contributed by atoms with van der Waals surface area (Å²) in [6.45, 7) is 11.3. The van der Waals surface area contributed by atoms with Gasteiger partial charge in [0.1, 0.15) is 5.60 Å². The molecule has 0 bridgehead atoms. The van der Waals surface area contributed by atoms with E-state index in [1.54, 1.807) is 0 Å². The minimum atomic E-state index is -0.508. The van der Waals surface area contributed by atoms with Crippen LogP contribution < -0.4 is 5.32 Å². The number of aryl methyl sites for hydroxylation is 2. The van der Waals surface area contributed by atoms with Crippen molar-refractivity contribution in [3.63, 3.8) is 0 Å². The van der Waals surface area contributed by atoms with E-state index < -0.39 is 11.7 Å². The van der Waals surface area contributed by atoms with Crippen molar-refractivity contribution in [2.75, 3.05) is 0 Å². The van der Waals surface area contributed by atoms with Crippen molar-refractivity contribution in [3.8, 4) is 0 Å². The summed E-state index contributed by atoms with van der Waals surface area (Å²) in [7, 11) is 0. The van der Waals surface area contributed by atoms with Gasteiger partial charge in [0.15, 0.2) is 5.82 Å². The number of hydrogen-bond donors (Lipinski definition) is 1. The van der Waals surface area contributed by atoms with Crippen molar-refractivity contribution in [1.82, 2.24) is 15.3 Å². The number of hydrogen-bond acceptors (Lipinski definition) is 4. The molecule has 0 spiro atoms. The lowest BCUT2D eigenvalue weighted by Gasteiger charge is -2.22. The van der Waals surface area contributed by atoms with Crippen LogP contribution in [0.5, 0.6) is 0 Å². The van der Waals surface area contributed by atoms with Crippen LogP contribution >= 0.6 is 0 Å². The van der Waals surface area contributed by atoms with Crippen LogP contribution in [0.15, 0.2) is 6.07 Å². The Hall–Kier alpha value is -1.65. The maximum absolute atomic E-state index is 11.8. The van der Waals surface area contributed by atoms with Gasteiger partial charge in [0.2, 0.25) is 0 Å². The molecule has 0 aromatic carbocycles. The summed E-state index contributed by atoms with van der Waals surface area (Å²) in [5.74, 6) is 0.630. The van der Waals surface area contributed by atoms with E-state index in [-0.39, 0.29) is 6.04 Å². The van der Waals surface area contributed by atoms with E-state index in [0.717, 1.165) is 11.4 Å². The van der Waals surface area contributed by atoms with Crippen LogP contribution in [-0.2, 0) is 4.74 Å². The molecule has 106 valence electrons. The van der Waals surface area contributed by atoms with E-state index in [4.69, 9.17) is 4.74 Å². The molecule has 1 atom stereocenters. The van der Waals surface area contributed by atoms with Crippen LogP contribution in [0.2, 0.25) is 0 Å². The van der Waals surface area contributed by atoms with Crippen LogP contribution in [0.3, 0.4) is 0 Å². The quantitative estimate of drug-likeness (QED) is 0.912. The number of alkyl carbamates (subject to hydrolysis) is 1. The van der Waals surface area contributed by atoms with Crippen molar-refractivity contribution < 1.29 is 9.53 Å². The van der Waals surface area contributed by atoms with Gasteiger partial charge < -0.3 is 10.1 Å². The first-order valence-corrected chi connectivity index (χ1v) is 6.53. The third-order valence-electron chi connectivity index (χ3n) is 2.41. The Kier molecular flexibility index (Phi) is 4.86. The second-order valence-electron chi connectivity index (χ2n) is 5.62. The molecule has 0 unspecified atom stereocenters. The van der Waals surface area contributed by atoms with Crippen molar-refractivity contribution in [3.05, 3.63) is 23.3 Å². The van der Waals surface area contributed by atoms with E-state index in [1.807, 2.05) is 47.6 Å². The van der Waals surface area contributed by atoms with Crippen molar-refractivity contribution >= 4 is 6.09 Å². The number of ether oxygens (including phenoxy) is 1. The van der Waals surface area contributed by atoms with E-state index >= 15 is 0 Å². The van der Waals surface area contributed by atoms with Gasteiger partial charge in [-0.2, -0.15) is 0 Å². The molecule has 5 heteroatoms. The first-order valence-electron chi connectivity index (χ1n) is 6.53. The maximum Gasteiger partial charge on any atom is 0.408 e. The van der Waals surface area contributed by atoms with Gasteiger partial charge in [-0.05, 0) is 47.1 Å². The predicted octanol–water partition coefficient (Wildman–Crippen LogP) is 3.07. The third-order valence-corrected chi connectivity index (χ3v) is 2.41. The zero-order valence-corrected chi connectivity index (χ0v) is 12.6. The Morgan fingerprint density at radius 3 is 2.26 bits per heavy atom. The van der Waals surface area contributed by atoms with Crippen LogP contribution in [0.1, 0.15) is 57.4 Å². The van der Waals surface area contributed by atoms with Gasteiger partial charge in [-0.3, -0.25) is 0 Å². The molecular formula is C14H23N3O2. The molecule has 1 N–H and O–H groups in total. The molecule has 1 aromatic rings. The molecule has 0 fully saturated rings. The van der Waals surface area contributed by atoms with Gasteiger partial charge in [-0.25, -0.2) is 14.8 Å². The van der Waals surface area contributed by atoms with Gasteiger partial charge in [0.25, 0.3) is 0 Å². The number of carbonyl (C=O) groups excluding carboxylic acids is 1. The lowest BCUT2D eigenvalue weighted by molar-refractivity contribution is 0.0499. The van der Waals surface area contributed by atoms with E-state index in [1.165, 1.54) is 0 Å². The Morgan fingerprint density at radius 2 is 1.84 bits per heavy atom. The van der Waals surface area contributed by atoms with E-state index in [2.05, 4.69) is 15.3 Å². The number of aromatic nitrogens is 2. The fourth-order valence-corrected chi connectivity index (χ4v) is 1.71. The van der Waals surface area contributed by atoms with E-state index in [0.29, 0.717) is 12.2 Å². The molecule has 0 aliphatic carbocycles. The number of nitrogens with zero attached hydrogens (tertiary/aromatic N) is 2. The summed E-state index contributed by atoms with van der Waals surface area (Å²) in [6, 6.07) is 1.68. The van der Waals surface area contributed by atoms with Crippen LogP contribution in [0.25, 0.3) is 0 Å². The minimum absolute atomic E-state index is 0.228. The summed E-state index contributed by atoms with van der Waals surface area (Å²) in [5, 5.41) is 2.81. The highest BCUT2D eigenvalue weighted by atomic mass is 16.6. The van der Waals surface area contributed by atoms with Crippen molar-refractivity contribution in [2.24, 2.45) is 0 Å².